The second-order valence-corrected chi connectivity index (χ2v) is 5.42. The normalized spacial score (nSPS) is 20.9. The lowest BCUT2D eigenvalue weighted by molar-refractivity contribution is 0.170. The van der Waals surface area contributed by atoms with E-state index in [2.05, 4.69) is 17.1 Å². The highest BCUT2D eigenvalue weighted by Gasteiger charge is 2.15. The molecule has 3 nitrogen and oxygen atoms in total. The van der Waals surface area contributed by atoms with Crippen molar-refractivity contribution in [1.82, 2.24) is 10.2 Å². The van der Waals surface area contributed by atoms with Gasteiger partial charge in [0.25, 0.3) is 0 Å². The number of hydrogen-bond acceptors (Lipinski definition) is 3. The molecule has 1 heterocycles. The molecular weight excluding hydrogens is 271 g/mol. The van der Waals surface area contributed by atoms with Gasteiger partial charge >= 0.3 is 0 Å². The maximum atomic E-state index is 6.04. The van der Waals surface area contributed by atoms with Gasteiger partial charge in [-0.2, -0.15) is 0 Å². The number of nitrogens with one attached hydrogen (secondary N) is 1. The molecule has 0 spiro atoms. The summed E-state index contributed by atoms with van der Waals surface area (Å²) in [6, 6.07) is 5.85. The summed E-state index contributed by atoms with van der Waals surface area (Å²) in [5, 5.41) is 4.61. The van der Waals surface area contributed by atoms with E-state index in [0.717, 1.165) is 26.2 Å². The minimum absolute atomic E-state index is 0.554. The predicted octanol–water partition coefficient (Wildman–Crippen LogP) is 2.67. The van der Waals surface area contributed by atoms with E-state index in [0.29, 0.717) is 28.4 Å². The Kier molecular flexibility index (Phi) is 5.13. The second-order valence-electron chi connectivity index (χ2n) is 4.58. The van der Waals surface area contributed by atoms with Crippen molar-refractivity contribution in [3.05, 3.63) is 28.2 Å². The smallest absolute Gasteiger partial charge is 0.138 e. The van der Waals surface area contributed by atoms with E-state index in [1.54, 1.807) is 12.1 Å². The molecule has 1 N–H and O–H groups in total. The third kappa shape index (κ3) is 4.02. The Morgan fingerprint density at radius 3 is 3.00 bits per heavy atom. The number of halogens is 2. The maximum absolute atomic E-state index is 6.04. The quantitative estimate of drug-likeness (QED) is 0.922. The zero-order valence-corrected chi connectivity index (χ0v) is 12.0. The topological polar surface area (TPSA) is 24.5 Å². The molecule has 1 atom stereocenters. The highest BCUT2D eigenvalue weighted by molar-refractivity contribution is 6.35. The van der Waals surface area contributed by atoms with Gasteiger partial charge in [-0.1, -0.05) is 23.2 Å². The first-order valence-corrected chi connectivity index (χ1v) is 6.94. The summed E-state index contributed by atoms with van der Waals surface area (Å²) in [6.07, 6.45) is 0. The SMILES string of the molecule is CC1CN(CCOc2ccc(Cl)cc2Cl)CCN1. The van der Waals surface area contributed by atoms with Gasteiger partial charge in [-0.15, -0.1) is 0 Å². The van der Waals surface area contributed by atoms with Crippen LogP contribution in [0, 0.1) is 0 Å². The Morgan fingerprint density at radius 1 is 1.44 bits per heavy atom. The van der Waals surface area contributed by atoms with Crippen LogP contribution in [0.3, 0.4) is 0 Å². The summed E-state index contributed by atoms with van der Waals surface area (Å²) in [5.74, 6) is 0.698. The van der Waals surface area contributed by atoms with E-state index in [4.69, 9.17) is 27.9 Å². The molecule has 1 aliphatic rings. The van der Waals surface area contributed by atoms with Crippen molar-refractivity contribution in [2.45, 2.75) is 13.0 Å². The Balaban J connectivity index is 1.77. The van der Waals surface area contributed by atoms with Gasteiger partial charge in [-0.3, -0.25) is 4.90 Å². The van der Waals surface area contributed by atoms with Gasteiger partial charge in [-0.05, 0) is 25.1 Å². The van der Waals surface area contributed by atoms with Gasteiger partial charge in [0.05, 0.1) is 5.02 Å². The molecule has 1 saturated heterocycles. The standard InChI is InChI=1S/C13H18Cl2N2O/c1-10-9-17(5-4-16-10)6-7-18-13-3-2-11(14)8-12(13)15/h2-3,8,10,16H,4-7,9H2,1H3. The van der Waals surface area contributed by atoms with Crippen LogP contribution >= 0.6 is 23.2 Å². The Hall–Kier alpha value is -0.480. The van der Waals surface area contributed by atoms with E-state index < -0.39 is 0 Å². The number of rotatable bonds is 4. The highest BCUT2D eigenvalue weighted by atomic mass is 35.5. The molecule has 0 aromatic heterocycles. The molecule has 1 unspecified atom stereocenters. The van der Waals surface area contributed by atoms with Gasteiger partial charge in [0.15, 0.2) is 0 Å². The van der Waals surface area contributed by atoms with Crippen molar-refractivity contribution < 1.29 is 4.74 Å². The van der Waals surface area contributed by atoms with Gasteiger partial charge in [0, 0.05) is 37.2 Å². The zero-order chi connectivity index (χ0) is 13.0. The molecular formula is C13H18Cl2N2O. The van der Waals surface area contributed by atoms with E-state index in [1.807, 2.05) is 6.07 Å². The Bertz CT molecular complexity index is 401. The first kappa shape index (κ1) is 13.9. The lowest BCUT2D eigenvalue weighted by Crippen LogP contribution is -2.50. The van der Waals surface area contributed by atoms with Crippen LogP contribution in [-0.4, -0.2) is 43.7 Å². The molecule has 1 aromatic rings. The van der Waals surface area contributed by atoms with Gasteiger partial charge < -0.3 is 10.1 Å². The van der Waals surface area contributed by atoms with Crippen LogP contribution in [0.2, 0.25) is 10.0 Å². The molecule has 0 radical (unpaired) electrons. The van der Waals surface area contributed by atoms with Crippen LogP contribution in [0.1, 0.15) is 6.92 Å². The third-order valence-corrected chi connectivity index (χ3v) is 3.54. The van der Waals surface area contributed by atoms with Crippen LogP contribution in [0.4, 0.5) is 0 Å². The molecule has 0 amide bonds. The van der Waals surface area contributed by atoms with Crippen molar-refractivity contribution in [1.29, 1.82) is 0 Å². The largest absolute Gasteiger partial charge is 0.491 e. The van der Waals surface area contributed by atoms with Gasteiger partial charge in [-0.25, -0.2) is 0 Å². The summed E-state index contributed by atoms with van der Waals surface area (Å²) in [6.45, 7) is 6.95. The van der Waals surface area contributed by atoms with E-state index in [-0.39, 0.29) is 0 Å². The van der Waals surface area contributed by atoms with Crippen LogP contribution in [0.25, 0.3) is 0 Å². The summed E-state index contributed by atoms with van der Waals surface area (Å²) >= 11 is 11.9. The fraction of sp³-hybridized carbons (Fsp3) is 0.538. The van der Waals surface area contributed by atoms with E-state index >= 15 is 0 Å². The monoisotopic (exact) mass is 288 g/mol. The van der Waals surface area contributed by atoms with Crippen LogP contribution in [0.5, 0.6) is 5.75 Å². The summed E-state index contributed by atoms with van der Waals surface area (Å²) in [7, 11) is 0. The summed E-state index contributed by atoms with van der Waals surface area (Å²) < 4.78 is 5.68. The summed E-state index contributed by atoms with van der Waals surface area (Å²) in [4.78, 5) is 2.39. The molecule has 2 rings (SSSR count). The van der Waals surface area contributed by atoms with Crippen molar-refractivity contribution in [2.75, 3.05) is 32.8 Å². The Morgan fingerprint density at radius 2 is 2.28 bits per heavy atom. The Labute approximate surface area is 118 Å². The molecule has 0 saturated carbocycles. The molecule has 1 aromatic carbocycles. The third-order valence-electron chi connectivity index (χ3n) is 3.01. The van der Waals surface area contributed by atoms with Crippen LogP contribution in [0.15, 0.2) is 18.2 Å². The molecule has 0 aliphatic carbocycles. The summed E-state index contributed by atoms with van der Waals surface area (Å²) in [5.41, 5.74) is 0. The first-order valence-electron chi connectivity index (χ1n) is 6.19. The van der Waals surface area contributed by atoms with Crippen molar-refractivity contribution in [3.8, 4) is 5.75 Å². The number of benzene rings is 1. The van der Waals surface area contributed by atoms with Crippen LogP contribution < -0.4 is 10.1 Å². The van der Waals surface area contributed by atoms with Crippen molar-refractivity contribution in [3.63, 3.8) is 0 Å². The molecule has 5 heteroatoms. The maximum Gasteiger partial charge on any atom is 0.138 e. The van der Waals surface area contributed by atoms with Crippen molar-refractivity contribution >= 4 is 23.2 Å². The first-order chi connectivity index (χ1) is 8.65. The second kappa shape index (κ2) is 6.62. The lowest BCUT2D eigenvalue weighted by atomic mass is 10.2. The number of piperazine rings is 1. The lowest BCUT2D eigenvalue weighted by Gasteiger charge is -2.31. The van der Waals surface area contributed by atoms with E-state index in [1.165, 1.54) is 0 Å². The average Bonchev–Trinajstić information content (AvgIpc) is 2.32. The minimum atomic E-state index is 0.554. The number of nitrogens with zero attached hydrogens (tertiary/aromatic N) is 1. The molecule has 100 valence electrons. The predicted molar refractivity (Wildman–Crippen MR) is 75.9 cm³/mol. The van der Waals surface area contributed by atoms with Gasteiger partial charge in [0.1, 0.15) is 12.4 Å². The molecule has 1 aliphatic heterocycles. The number of ether oxygens (including phenoxy) is 1. The molecule has 18 heavy (non-hydrogen) atoms. The molecule has 0 bridgehead atoms. The number of hydrogen-bond donors (Lipinski definition) is 1. The highest BCUT2D eigenvalue weighted by Crippen LogP contribution is 2.27. The van der Waals surface area contributed by atoms with Crippen LogP contribution in [-0.2, 0) is 0 Å². The zero-order valence-electron chi connectivity index (χ0n) is 10.5. The average molecular weight is 289 g/mol. The fourth-order valence-electron chi connectivity index (χ4n) is 2.09. The molecule has 1 fully saturated rings. The fourth-order valence-corrected chi connectivity index (χ4v) is 2.56. The van der Waals surface area contributed by atoms with Gasteiger partial charge in [0.2, 0.25) is 0 Å². The van der Waals surface area contributed by atoms with E-state index in [9.17, 15) is 0 Å². The van der Waals surface area contributed by atoms with Crippen molar-refractivity contribution in [2.24, 2.45) is 0 Å². The minimum Gasteiger partial charge on any atom is -0.491 e.